The summed E-state index contributed by atoms with van der Waals surface area (Å²) in [5, 5.41) is 14.6. The normalized spacial score (nSPS) is 15.0. The van der Waals surface area contributed by atoms with Crippen molar-refractivity contribution in [3.63, 3.8) is 0 Å². The van der Waals surface area contributed by atoms with E-state index in [9.17, 15) is 18.5 Å². The largest absolute Gasteiger partial charge is 0.433 e. The van der Waals surface area contributed by atoms with Gasteiger partial charge < -0.3 is 4.42 Å². The molecular weight excluding hydrogens is 398 g/mol. The summed E-state index contributed by atoms with van der Waals surface area (Å²) in [5.41, 5.74) is 3.68. The average molecular weight is 411 g/mol. The van der Waals surface area contributed by atoms with Crippen LogP contribution in [0, 0.1) is 10.1 Å². The van der Waals surface area contributed by atoms with Crippen LogP contribution in [0.1, 0.15) is 5.76 Å². The molecular formula is C18H13N5O5S. The zero-order valence-corrected chi connectivity index (χ0v) is 15.5. The predicted octanol–water partition coefficient (Wildman–Crippen LogP) is 3.01. The standard InChI is InChI=1S/C18H13N5O5S/c24-23(25)17-11-10-14(28-17)12-19-20-18-21-29(26,27)16-9-5-4-8-15(16)22(18)13-6-2-1-3-7-13/h1-12H,(H,20,21)/b19-12+. The summed E-state index contributed by atoms with van der Waals surface area (Å²) in [5.74, 6) is -0.355. The van der Waals surface area contributed by atoms with Crippen LogP contribution in [0.2, 0.25) is 0 Å². The number of rotatable bonds is 4. The van der Waals surface area contributed by atoms with E-state index in [4.69, 9.17) is 4.42 Å². The highest BCUT2D eigenvalue weighted by Crippen LogP contribution is 2.35. The van der Waals surface area contributed by atoms with Gasteiger partial charge in [-0.15, -0.1) is 4.40 Å². The van der Waals surface area contributed by atoms with E-state index in [1.54, 1.807) is 35.2 Å². The van der Waals surface area contributed by atoms with Crippen molar-refractivity contribution in [2.75, 3.05) is 4.90 Å². The van der Waals surface area contributed by atoms with Crippen LogP contribution in [-0.2, 0) is 10.0 Å². The Morgan fingerprint density at radius 1 is 1.07 bits per heavy atom. The second-order valence-electron chi connectivity index (χ2n) is 5.83. The van der Waals surface area contributed by atoms with Crippen LogP contribution in [0.25, 0.3) is 0 Å². The van der Waals surface area contributed by atoms with Crippen molar-refractivity contribution in [1.29, 1.82) is 0 Å². The lowest BCUT2D eigenvalue weighted by Crippen LogP contribution is -2.39. The third-order valence-electron chi connectivity index (χ3n) is 3.97. The molecule has 10 nitrogen and oxygen atoms in total. The van der Waals surface area contributed by atoms with Gasteiger partial charge in [-0.05, 0) is 30.3 Å². The Labute approximate surface area is 165 Å². The first kappa shape index (κ1) is 18.4. The van der Waals surface area contributed by atoms with Gasteiger partial charge in [-0.2, -0.15) is 13.5 Å². The fourth-order valence-corrected chi connectivity index (χ4v) is 3.87. The number of fused-ring (bicyclic) bond motifs is 1. The highest BCUT2D eigenvalue weighted by Gasteiger charge is 2.31. The molecule has 0 atom stereocenters. The molecule has 0 saturated carbocycles. The van der Waals surface area contributed by atoms with E-state index in [0.717, 1.165) is 0 Å². The van der Waals surface area contributed by atoms with Crippen LogP contribution in [0.3, 0.4) is 0 Å². The van der Waals surface area contributed by atoms with Gasteiger partial charge in [0.1, 0.15) is 9.82 Å². The molecule has 0 aliphatic carbocycles. The zero-order valence-electron chi connectivity index (χ0n) is 14.7. The third-order valence-corrected chi connectivity index (χ3v) is 5.28. The maximum atomic E-state index is 12.6. The number of benzene rings is 2. The molecule has 0 spiro atoms. The number of sulfonamides is 1. The molecule has 0 fully saturated rings. The van der Waals surface area contributed by atoms with Crippen molar-refractivity contribution in [3.8, 4) is 0 Å². The van der Waals surface area contributed by atoms with Gasteiger partial charge in [0.15, 0.2) is 5.76 Å². The SMILES string of the molecule is O=[N+]([O-])c1ccc(/C=N/NC2=NS(=O)(=O)c3ccccc3N2c2ccccc2)o1. The monoisotopic (exact) mass is 411 g/mol. The molecule has 0 radical (unpaired) electrons. The first-order valence-corrected chi connectivity index (χ1v) is 9.72. The first-order chi connectivity index (χ1) is 14.0. The Kier molecular flexibility index (Phi) is 4.56. The molecule has 146 valence electrons. The van der Waals surface area contributed by atoms with Gasteiger partial charge in [-0.1, -0.05) is 30.3 Å². The van der Waals surface area contributed by atoms with E-state index >= 15 is 0 Å². The summed E-state index contributed by atoms with van der Waals surface area (Å²) in [7, 11) is -3.94. The van der Waals surface area contributed by atoms with Gasteiger partial charge in [0.2, 0.25) is 5.96 Å². The number of nitrogens with one attached hydrogen (secondary N) is 1. The van der Waals surface area contributed by atoms with E-state index in [2.05, 4.69) is 14.9 Å². The highest BCUT2D eigenvalue weighted by molar-refractivity contribution is 7.90. The smallest absolute Gasteiger partial charge is 0.400 e. The number of furan rings is 1. The van der Waals surface area contributed by atoms with Crippen molar-refractivity contribution in [3.05, 3.63) is 82.6 Å². The van der Waals surface area contributed by atoms with Gasteiger partial charge in [0.25, 0.3) is 10.0 Å². The molecule has 2 heterocycles. The molecule has 1 aliphatic heterocycles. The molecule has 0 unspecified atom stereocenters. The summed E-state index contributed by atoms with van der Waals surface area (Å²) in [6.45, 7) is 0. The molecule has 0 amide bonds. The van der Waals surface area contributed by atoms with Gasteiger partial charge in [-0.3, -0.25) is 15.0 Å². The van der Waals surface area contributed by atoms with E-state index < -0.39 is 20.8 Å². The maximum absolute atomic E-state index is 12.6. The third kappa shape index (κ3) is 3.58. The second-order valence-corrected chi connectivity index (χ2v) is 7.40. The van der Waals surface area contributed by atoms with E-state index in [-0.39, 0.29) is 16.6 Å². The molecule has 29 heavy (non-hydrogen) atoms. The minimum atomic E-state index is -3.94. The van der Waals surface area contributed by atoms with E-state index in [1.807, 2.05) is 18.2 Å². The molecule has 1 N–H and O–H groups in total. The predicted molar refractivity (Wildman–Crippen MR) is 106 cm³/mol. The minimum absolute atomic E-state index is 0.0489. The summed E-state index contributed by atoms with van der Waals surface area (Å²) >= 11 is 0. The molecule has 11 heteroatoms. The molecule has 0 bridgehead atoms. The second kappa shape index (κ2) is 7.20. The van der Waals surface area contributed by atoms with Crippen LogP contribution >= 0.6 is 0 Å². The number of nitro groups is 1. The Bertz CT molecular complexity index is 1230. The van der Waals surface area contributed by atoms with Crippen molar-refractivity contribution < 1.29 is 17.8 Å². The quantitative estimate of drug-likeness (QED) is 0.397. The summed E-state index contributed by atoms with van der Waals surface area (Å²) in [4.78, 5) is 11.7. The first-order valence-electron chi connectivity index (χ1n) is 8.28. The van der Waals surface area contributed by atoms with Gasteiger partial charge in [0, 0.05) is 5.69 Å². The Morgan fingerprint density at radius 3 is 2.52 bits per heavy atom. The Morgan fingerprint density at radius 2 is 1.79 bits per heavy atom. The number of hydrazone groups is 1. The van der Waals surface area contributed by atoms with Crippen LogP contribution < -0.4 is 10.3 Å². The summed E-state index contributed by atoms with van der Waals surface area (Å²) in [6.07, 6.45) is 1.19. The Hall–Kier alpha value is -3.99. The van der Waals surface area contributed by atoms with Gasteiger partial charge in [-0.25, -0.2) is 5.43 Å². The lowest BCUT2D eigenvalue weighted by Gasteiger charge is -2.29. The van der Waals surface area contributed by atoms with Crippen molar-refractivity contribution in [1.82, 2.24) is 5.43 Å². The molecule has 2 aromatic carbocycles. The number of hydrogen-bond donors (Lipinski definition) is 1. The van der Waals surface area contributed by atoms with Crippen LogP contribution in [0.4, 0.5) is 17.3 Å². The van der Waals surface area contributed by atoms with Crippen molar-refractivity contribution in [2.45, 2.75) is 4.90 Å². The lowest BCUT2D eigenvalue weighted by atomic mass is 10.2. The van der Waals surface area contributed by atoms with E-state index in [0.29, 0.717) is 11.4 Å². The lowest BCUT2D eigenvalue weighted by molar-refractivity contribution is -0.402. The fraction of sp³-hybridized carbons (Fsp3) is 0. The molecule has 4 rings (SSSR count). The molecule has 3 aromatic rings. The van der Waals surface area contributed by atoms with Crippen LogP contribution in [-0.4, -0.2) is 25.5 Å². The number of para-hydroxylation sites is 2. The van der Waals surface area contributed by atoms with Crippen LogP contribution in [0.15, 0.2) is 85.5 Å². The number of anilines is 2. The average Bonchev–Trinajstić information content (AvgIpc) is 3.18. The molecule has 1 aromatic heterocycles. The summed E-state index contributed by atoms with van der Waals surface area (Å²) in [6, 6.07) is 18.1. The maximum Gasteiger partial charge on any atom is 0.433 e. The Balaban J connectivity index is 1.71. The van der Waals surface area contributed by atoms with Crippen molar-refractivity contribution >= 4 is 39.5 Å². The zero-order chi connectivity index (χ0) is 20.4. The molecule has 1 aliphatic rings. The number of guanidine groups is 1. The molecule has 0 saturated heterocycles. The van der Waals surface area contributed by atoms with Crippen molar-refractivity contribution in [2.24, 2.45) is 9.50 Å². The minimum Gasteiger partial charge on any atom is -0.400 e. The van der Waals surface area contributed by atoms with Crippen LogP contribution in [0.5, 0.6) is 0 Å². The van der Waals surface area contributed by atoms with Gasteiger partial charge >= 0.3 is 5.88 Å². The van der Waals surface area contributed by atoms with E-state index in [1.165, 1.54) is 24.4 Å². The van der Waals surface area contributed by atoms with Gasteiger partial charge in [0.05, 0.1) is 18.0 Å². The topological polar surface area (TPSA) is 130 Å². The summed E-state index contributed by atoms with van der Waals surface area (Å²) < 4.78 is 34.0. The number of nitrogens with zero attached hydrogens (tertiary/aromatic N) is 4. The fourth-order valence-electron chi connectivity index (χ4n) is 2.75. The number of hydrogen-bond acceptors (Lipinski definition) is 8. The highest BCUT2D eigenvalue weighted by atomic mass is 32.2.